The maximum Gasteiger partial charge on any atom is 0.127 e. The monoisotopic (exact) mass is 456 g/mol. The number of pyridine rings is 1. The van der Waals surface area contributed by atoms with E-state index >= 15 is 0 Å². The molecular weight excluding hydrogens is 428 g/mol. The van der Waals surface area contributed by atoms with Crippen LogP contribution in [0.3, 0.4) is 0 Å². The summed E-state index contributed by atoms with van der Waals surface area (Å²) in [5, 5.41) is 3.03. The van der Waals surface area contributed by atoms with Crippen LogP contribution in [0.15, 0.2) is 79.0 Å². The van der Waals surface area contributed by atoms with Crippen molar-refractivity contribution in [3.05, 3.63) is 84.0 Å². The van der Waals surface area contributed by atoms with Crippen molar-refractivity contribution < 1.29 is 4.74 Å². The van der Waals surface area contributed by atoms with Crippen molar-refractivity contribution >= 4 is 22.4 Å². The number of benzene rings is 3. The van der Waals surface area contributed by atoms with Crippen LogP contribution in [0.1, 0.15) is 19.8 Å². The van der Waals surface area contributed by atoms with Gasteiger partial charge in [-0.1, -0.05) is 61.0 Å². The molecule has 4 heteroatoms. The maximum absolute atomic E-state index is 6.25. The predicted molar refractivity (Wildman–Crippen MR) is 138 cm³/mol. The number of likely N-dealkylation sites (tertiary alicyclic amines) is 1. The van der Waals surface area contributed by atoms with Crippen LogP contribution in [-0.2, 0) is 0 Å². The summed E-state index contributed by atoms with van der Waals surface area (Å²) in [6.07, 6.45) is 4.51. The molecule has 2 heterocycles. The Morgan fingerprint density at radius 2 is 1.61 bits per heavy atom. The topological polar surface area (TPSA) is 25.4 Å². The second kappa shape index (κ2) is 9.94. The molecular formula is C29H29ClN2O. The fourth-order valence-electron chi connectivity index (χ4n) is 4.56. The van der Waals surface area contributed by atoms with Crippen LogP contribution in [0, 0.1) is 5.92 Å². The largest absolute Gasteiger partial charge is 0.492 e. The van der Waals surface area contributed by atoms with E-state index in [0.717, 1.165) is 56.4 Å². The lowest BCUT2D eigenvalue weighted by Crippen LogP contribution is -2.35. The Bertz CT molecular complexity index is 1210. The first kappa shape index (κ1) is 21.9. The summed E-state index contributed by atoms with van der Waals surface area (Å²) in [6.45, 7) is 6.41. The van der Waals surface area contributed by atoms with Gasteiger partial charge in [-0.05, 0) is 73.1 Å². The average molecular weight is 457 g/mol. The van der Waals surface area contributed by atoms with Gasteiger partial charge in [-0.15, -0.1) is 0 Å². The third-order valence-electron chi connectivity index (χ3n) is 6.64. The molecule has 4 aromatic rings. The number of fused-ring (bicyclic) bond motifs is 1. The first-order valence-electron chi connectivity index (χ1n) is 11.8. The molecule has 0 unspecified atom stereocenters. The second-order valence-corrected chi connectivity index (χ2v) is 9.40. The summed E-state index contributed by atoms with van der Waals surface area (Å²) >= 11 is 6.02. The summed E-state index contributed by atoms with van der Waals surface area (Å²) in [6, 6.07) is 24.7. The fraction of sp³-hybridized carbons (Fsp3) is 0.276. The van der Waals surface area contributed by atoms with Crippen molar-refractivity contribution in [3.8, 4) is 28.1 Å². The number of hydrogen-bond donors (Lipinski definition) is 0. The first-order valence-corrected chi connectivity index (χ1v) is 12.1. The average Bonchev–Trinajstić information content (AvgIpc) is 2.86. The van der Waals surface area contributed by atoms with E-state index in [-0.39, 0.29) is 0 Å². The number of hydrogen-bond acceptors (Lipinski definition) is 3. The minimum absolute atomic E-state index is 0.714. The minimum Gasteiger partial charge on any atom is -0.492 e. The van der Waals surface area contributed by atoms with Gasteiger partial charge in [-0.3, -0.25) is 9.88 Å². The van der Waals surface area contributed by atoms with Crippen molar-refractivity contribution in [1.82, 2.24) is 9.88 Å². The number of aromatic nitrogens is 1. The SMILES string of the molecule is CC1CCN(CCOc2ccc(-c3ccc(-c4ccc(Cl)cc4)cn3)c3ccccc23)CC1. The van der Waals surface area contributed by atoms with E-state index in [9.17, 15) is 0 Å². The second-order valence-electron chi connectivity index (χ2n) is 8.97. The Kier molecular flexibility index (Phi) is 6.61. The van der Waals surface area contributed by atoms with Crippen molar-refractivity contribution in [2.45, 2.75) is 19.8 Å². The lowest BCUT2D eigenvalue weighted by atomic mass is 9.99. The quantitative estimate of drug-likeness (QED) is 0.303. The van der Waals surface area contributed by atoms with Crippen LogP contribution in [0.4, 0.5) is 0 Å². The van der Waals surface area contributed by atoms with Crippen molar-refractivity contribution in [2.24, 2.45) is 5.92 Å². The molecule has 0 saturated carbocycles. The number of halogens is 1. The van der Waals surface area contributed by atoms with Gasteiger partial charge in [-0.25, -0.2) is 0 Å². The Labute approximate surface area is 201 Å². The number of nitrogens with zero attached hydrogens (tertiary/aromatic N) is 2. The van der Waals surface area contributed by atoms with E-state index in [1.807, 2.05) is 30.5 Å². The lowest BCUT2D eigenvalue weighted by Gasteiger charge is -2.30. The van der Waals surface area contributed by atoms with Gasteiger partial charge in [0.25, 0.3) is 0 Å². The fourth-order valence-corrected chi connectivity index (χ4v) is 4.68. The number of rotatable bonds is 6. The Morgan fingerprint density at radius 1 is 0.879 bits per heavy atom. The van der Waals surface area contributed by atoms with Crippen LogP contribution in [0.25, 0.3) is 33.2 Å². The van der Waals surface area contributed by atoms with E-state index < -0.39 is 0 Å². The molecule has 0 bridgehead atoms. The zero-order chi connectivity index (χ0) is 22.6. The van der Waals surface area contributed by atoms with Gasteiger partial charge < -0.3 is 4.74 Å². The van der Waals surface area contributed by atoms with E-state index in [1.54, 1.807) is 0 Å². The van der Waals surface area contributed by atoms with Gasteiger partial charge >= 0.3 is 0 Å². The highest BCUT2D eigenvalue weighted by Gasteiger charge is 2.16. The smallest absolute Gasteiger partial charge is 0.127 e. The molecule has 1 fully saturated rings. The van der Waals surface area contributed by atoms with Crippen LogP contribution < -0.4 is 4.74 Å². The molecule has 1 aliphatic rings. The summed E-state index contributed by atoms with van der Waals surface area (Å²) in [5.74, 6) is 1.80. The molecule has 0 N–H and O–H groups in total. The van der Waals surface area contributed by atoms with E-state index in [1.165, 1.54) is 25.9 Å². The van der Waals surface area contributed by atoms with Crippen molar-refractivity contribution in [3.63, 3.8) is 0 Å². The Balaban J connectivity index is 1.35. The molecule has 1 aliphatic heterocycles. The summed E-state index contributed by atoms with van der Waals surface area (Å²) < 4.78 is 6.25. The maximum atomic E-state index is 6.25. The zero-order valence-electron chi connectivity index (χ0n) is 19.0. The first-order chi connectivity index (χ1) is 16.2. The van der Waals surface area contributed by atoms with Crippen LogP contribution in [-0.4, -0.2) is 36.1 Å². The van der Waals surface area contributed by atoms with Crippen LogP contribution in [0.2, 0.25) is 5.02 Å². The molecule has 0 spiro atoms. The van der Waals surface area contributed by atoms with E-state index in [0.29, 0.717) is 6.61 Å². The van der Waals surface area contributed by atoms with Gasteiger partial charge in [0.15, 0.2) is 0 Å². The highest BCUT2D eigenvalue weighted by Crippen LogP contribution is 2.34. The Morgan fingerprint density at radius 3 is 2.33 bits per heavy atom. The summed E-state index contributed by atoms with van der Waals surface area (Å²) in [4.78, 5) is 7.29. The molecule has 168 valence electrons. The normalized spacial score (nSPS) is 15.1. The van der Waals surface area contributed by atoms with Crippen molar-refractivity contribution in [2.75, 3.05) is 26.2 Å². The molecule has 0 aliphatic carbocycles. The van der Waals surface area contributed by atoms with Gasteiger partial charge in [0.05, 0.1) is 5.69 Å². The molecule has 0 radical (unpaired) electrons. The highest BCUT2D eigenvalue weighted by molar-refractivity contribution is 6.30. The van der Waals surface area contributed by atoms with Crippen LogP contribution in [0.5, 0.6) is 5.75 Å². The molecule has 3 aromatic carbocycles. The number of piperidine rings is 1. The van der Waals surface area contributed by atoms with Gasteiger partial charge in [0.2, 0.25) is 0 Å². The van der Waals surface area contributed by atoms with E-state index in [2.05, 4.69) is 60.4 Å². The Hall–Kier alpha value is -2.88. The molecule has 5 rings (SSSR count). The van der Waals surface area contributed by atoms with Gasteiger partial charge in [0.1, 0.15) is 12.4 Å². The van der Waals surface area contributed by atoms with Crippen LogP contribution >= 0.6 is 11.6 Å². The van der Waals surface area contributed by atoms with E-state index in [4.69, 9.17) is 21.3 Å². The summed E-state index contributed by atoms with van der Waals surface area (Å²) in [5.41, 5.74) is 4.26. The molecule has 1 saturated heterocycles. The molecule has 33 heavy (non-hydrogen) atoms. The molecule has 3 nitrogen and oxygen atoms in total. The van der Waals surface area contributed by atoms with Crippen molar-refractivity contribution in [1.29, 1.82) is 0 Å². The van der Waals surface area contributed by atoms with Gasteiger partial charge in [0, 0.05) is 34.3 Å². The molecule has 0 atom stereocenters. The predicted octanol–water partition coefficient (Wildman–Crippen LogP) is 7.33. The molecule has 1 aromatic heterocycles. The van der Waals surface area contributed by atoms with Gasteiger partial charge in [-0.2, -0.15) is 0 Å². The highest BCUT2D eigenvalue weighted by atomic mass is 35.5. The molecule has 0 amide bonds. The lowest BCUT2D eigenvalue weighted by molar-refractivity contribution is 0.161. The third-order valence-corrected chi connectivity index (χ3v) is 6.89. The third kappa shape index (κ3) is 5.05. The minimum atomic E-state index is 0.714. The standard InChI is InChI=1S/C29H29ClN2O/c1-21-14-16-32(17-15-21)18-19-33-29-13-11-26(25-4-2-3-5-27(25)29)28-12-8-23(20-31-28)22-6-9-24(30)10-7-22/h2-13,20-21H,14-19H2,1H3. The summed E-state index contributed by atoms with van der Waals surface area (Å²) in [7, 11) is 0. The number of ether oxygens (including phenoxy) is 1. The zero-order valence-corrected chi connectivity index (χ0v) is 19.8.